The average Bonchev–Trinajstić information content (AvgIpc) is 0. The van der Waals surface area contributed by atoms with Crippen LogP contribution in [0.5, 0.6) is 0 Å². The van der Waals surface area contributed by atoms with Crippen LogP contribution in [0.3, 0.4) is 0 Å². The third-order valence-electron chi connectivity index (χ3n) is 0. The molecule has 24 valence electrons. The Morgan fingerprint density at radius 1 is 1.00 bits per heavy atom. The molecule has 0 aromatic rings. The topological polar surface area (TPSA) is 31.5 Å². The van der Waals surface area contributed by atoms with Gasteiger partial charge < -0.3 is 5.48 Å². The van der Waals surface area contributed by atoms with E-state index >= 15 is 0 Å². The second-order valence-electron chi connectivity index (χ2n) is 0. The molecule has 0 unspecified atom stereocenters. The molecule has 4 heavy (non-hydrogen) atoms. The van der Waals surface area contributed by atoms with Gasteiger partial charge in [0.1, 0.15) is 0 Å². The van der Waals surface area contributed by atoms with E-state index in [1.807, 2.05) is 0 Å². The molecule has 0 radical (unpaired) electrons. The SMILES string of the molecule is Cl.O.[AlH3].[CsH]. The van der Waals surface area contributed by atoms with Crippen LogP contribution >= 0.6 is 12.4 Å². The van der Waals surface area contributed by atoms with Crippen molar-refractivity contribution in [2.24, 2.45) is 0 Å². The summed E-state index contributed by atoms with van der Waals surface area (Å²) in [6.45, 7) is 0. The Morgan fingerprint density at radius 2 is 1.00 bits per heavy atom. The number of hydrogen-bond acceptors (Lipinski definition) is 0. The molecule has 0 saturated carbocycles. The molecule has 0 amide bonds. The van der Waals surface area contributed by atoms with Crippen LogP contribution < -0.4 is 0 Å². The van der Waals surface area contributed by atoms with E-state index in [4.69, 9.17) is 0 Å². The Morgan fingerprint density at radius 3 is 1.00 bits per heavy atom. The predicted molar refractivity (Wildman–Crippen MR) is 27.9 cm³/mol. The Labute approximate surface area is 101 Å². The first-order valence-corrected chi connectivity index (χ1v) is 0. The molecule has 0 aliphatic heterocycles. The van der Waals surface area contributed by atoms with Gasteiger partial charge in [0.15, 0.2) is 17.4 Å². The zero-order valence-corrected chi connectivity index (χ0v) is 1.72. The molecular weight excluding hydrogens is 211 g/mol. The second-order valence-corrected chi connectivity index (χ2v) is 0. The molecular formula is H7AlClCsO. The van der Waals surface area contributed by atoms with Crippen molar-refractivity contribution >= 4 is 98.7 Å². The van der Waals surface area contributed by atoms with Gasteiger partial charge in [-0.1, -0.05) is 0 Å². The van der Waals surface area contributed by atoms with Crippen molar-refractivity contribution in [1.29, 1.82) is 0 Å². The third-order valence-corrected chi connectivity index (χ3v) is 0. The summed E-state index contributed by atoms with van der Waals surface area (Å²) in [7, 11) is 0. The van der Waals surface area contributed by atoms with Crippen molar-refractivity contribution in [2.75, 3.05) is 0 Å². The van der Waals surface area contributed by atoms with Gasteiger partial charge in [0.25, 0.3) is 0 Å². The predicted octanol–water partition coefficient (Wildman–Crippen LogP) is -2.24. The standard InChI is InChI=1S/Al.ClH.Cs.H2O.4H/h;1H;;1H2;;;;. The van der Waals surface area contributed by atoms with E-state index in [0.29, 0.717) is 0 Å². The van der Waals surface area contributed by atoms with E-state index in [-0.39, 0.29) is 104 Å². The van der Waals surface area contributed by atoms with Gasteiger partial charge in [-0.05, 0) is 0 Å². The van der Waals surface area contributed by atoms with Crippen molar-refractivity contribution in [2.45, 2.75) is 0 Å². The summed E-state index contributed by atoms with van der Waals surface area (Å²) in [6.07, 6.45) is 0. The van der Waals surface area contributed by atoms with Gasteiger partial charge in [-0.2, -0.15) is 0 Å². The Kier molecular flexibility index (Phi) is 123. The molecule has 0 aromatic carbocycles. The minimum absolute atomic E-state index is 0. The van der Waals surface area contributed by atoms with Gasteiger partial charge >= 0.3 is 68.9 Å². The molecule has 0 heterocycles. The normalized spacial score (nSPS) is 0. The van der Waals surface area contributed by atoms with Crippen LogP contribution in [0.4, 0.5) is 0 Å². The first kappa shape index (κ1) is 29.0. The van der Waals surface area contributed by atoms with Gasteiger partial charge in [0, 0.05) is 0 Å². The molecule has 0 aliphatic carbocycles. The molecule has 2 N–H and O–H groups in total. The number of halogens is 1. The van der Waals surface area contributed by atoms with E-state index in [0.717, 1.165) is 0 Å². The summed E-state index contributed by atoms with van der Waals surface area (Å²) in [6, 6.07) is 0. The maximum absolute atomic E-state index is 0. The first-order valence-electron chi connectivity index (χ1n) is 0. The zero-order chi connectivity index (χ0) is 0. The molecule has 1 nitrogen and oxygen atoms in total. The Bertz CT molecular complexity index is 8.00. The van der Waals surface area contributed by atoms with Crippen molar-refractivity contribution in [1.82, 2.24) is 0 Å². The van der Waals surface area contributed by atoms with Crippen LogP contribution in [0.25, 0.3) is 0 Å². The van der Waals surface area contributed by atoms with Gasteiger partial charge in [0.05, 0.1) is 0 Å². The minimum atomic E-state index is 0. The van der Waals surface area contributed by atoms with Crippen molar-refractivity contribution in [3.63, 3.8) is 0 Å². The van der Waals surface area contributed by atoms with Gasteiger partial charge in [-0.15, -0.1) is 12.4 Å². The Balaban J connectivity index is 0. The first-order chi connectivity index (χ1) is 0. The number of hydrogen-bond donors (Lipinski definition) is 0. The fourth-order valence-electron chi connectivity index (χ4n) is 0. The van der Waals surface area contributed by atoms with Crippen LogP contribution in [-0.2, 0) is 0 Å². The summed E-state index contributed by atoms with van der Waals surface area (Å²) in [5.74, 6) is 0. The van der Waals surface area contributed by atoms with Crippen LogP contribution in [0.1, 0.15) is 0 Å². The van der Waals surface area contributed by atoms with Crippen LogP contribution in [0.2, 0.25) is 0 Å². The molecule has 0 aromatic heterocycles. The van der Waals surface area contributed by atoms with E-state index in [2.05, 4.69) is 0 Å². The van der Waals surface area contributed by atoms with E-state index in [1.54, 1.807) is 0 Å². The zero-order valence-electron chi connectivity index (χ0n) is 0.908. The Hall–Kier alpha value is 2.83. The molecule has 0 aliphatic rings. The van der Waals surface area contributed by atoms with Crippen LogP contribution in [0, 0.1) is 0 Å². The molecule has 0 rings (SSSR count). The number of rotatable bonds is 0. The summed E-state index contributed by atoms with van der Waals surface area (Å²) >= 11 is 0. The van der Waals surface area contributed by atoms with E-state index < -0.39 is 0 Å². The van der Waals surface area contributed by atoms with Crippen molar-refractivity contribution in [3.05, 3.63) is 0 Å². The maximum atomic E-state index is 0. The molecule has 0 saturated heterocycles. The summed E-state index contributed by atoms with van der Waals surface area (Å²) in [4.78, 5) is 0. The molecule has 0 atom stereocenters. The average molecular weight is 218 g/mol. The van der Waals surface area contributed by atoms with Gasteiger partial charge in [-0.25, -0.2) is 0 Å². The van der Waals surface area contributed by atoms with Crippen LogP contribution in [-0.4, -0.2) is 91.7 Å². The molecule has 0 bridgehead atoms. The van der Waals surface area contributed by atoms with Gasteiger partial charge in [0.2, 0.25) is 0 Å². The molecule has 0 spiro atoms. The van der Waals surface area contributed by atoms with Crippen molar-refractivity contribution in [3.8, 4) is 0 Å². The monoisotopic (exact) mass is 218 g/mol. The summed E-state index contributed by atoms with van der Waals surface area (Å²) in [5, 5.41) is 0. The molecule has 0 fully saturated rings. The fourth-order valence-corrected chi connectivity index (χ4v) is 0. The van der Waals surface area contributed by atoms with Crippen LogP contribution in [0.15, 0.2) is 0 Å². The quantitative estimate of drug-likeness (QED) is 0.412. The second kappa shape index (κ2) is 17.0. The van der Waals surface area contributed by atoms with E-state index in [1.165, 1.54) is 0 Å². The third kappa shape index (κ3) is 8.85. The fraction of sp³-hybridized carbons (Fsp3) is 0. The van der Waals surface area contributed by atoms with Gasteiger partial charge in [-0.3, -0.25) is 0 Å². The van der Waals surface area contributed by atoms with E-state index in [9.17, 15) is 0 Å². The molecule has 4 heteroatoms. The van der Waals surface area contributed by atoms with Crippen molar-refractivity contribution < 1.29 is 5.48 Å². The summed E-state index contributed by atoms with van der Waals surface area (Å²) < 4.78 is 0. The summed E-state index contributed by atoms with van der Waals surface area (Å²) in [5.41, 5.74) is 0.